The number of piperidine rings is 1. The zero-order valence-electron chi connectivity index (χ0n) is 16.5. The van der Waals surface area contributed by atoms with Crippen molar-refractivity contribution >= 4 is 21.6 Å². The Labute approximate surface area is 180 Å². The predicted molar refractivity (Wildman–Crippen MR) is 113 cm³/mol. The lowest BCUT2D eigenvalue weighted by Gasteiger charge is -2.30. The molecular formula is C21H22ClN3O4S. The van der Waals surface area contributed by atoms with Gasteiger partial charge in [0.1, 0.15) is 5.75 Å². The van der Waals surface area contributed by atoms with Crippen molar-refractivity contribution in [1.29, 1.82) is 0 Å². The topological polar surface area (TPSA) is 85.5 Å². The molecule has 0 spiro atoms. The van der Waals surface area contributed by atoms with Gasteiger partial charge in [-0.05, 0) is 68.3 Å². The van der Waals surface area contributed by atoms with Crippen molar-refractivity contribution in [2.45, 2.75) is 30.6 Å². The average Bonchev–Trinajstić information content (AvgIpc) is 3.25. The average molecular weight is 448 g/mol. The van der Waals surface area contributed by atoms with Crippen LogP contribution < -0.4 is 4.74 Å². The largest absolute Gasteiger partial charge is 0.494 e. The number of sulfonamides is 1. The van der Waals surface area contributed by atoms with Crippen LogP contribution in [0.5, 0.6) is 5.75 Å². The van der Waals surface area contributed by atoms with Gasteiger partial charge < -0.3 is 9.26 Å². The zero-order valence-corrected chi connectivity index (χ0v) is 18.1. The first-order chi connectivity index (χ1) is 14.5. The summed E-state index contributed by atoms with van der Waals surface area (Å²) in [5.41, 5.74) is 0.815. The third-order valence-corrected chi connectivity index (χ3v) is 7.18. The van der Waals surface area contributed by atoms with E-state index in [0.29, 0.717) is 36.4 Å². The van der Waals surface area contributed by atoms with E-state index in [0.717, 1.165) is 24.2 Å². The molecule has 7 nitrogen and oxygen atoms in total. The molecule has 0 N–H and O–H groups in total. The van der Waals surface area contributed by atoms with Crippen LogP contribution in [-0.2, 0) is 10.0 Å². The molecule has 0 bridgehead atoms. The molecule has 2 heterocycles. The van der Waals surface area contributed by atoms with Crippen LogP contribution in [0.2, 0.25) is 5.02 Å². The Hall–Kier alpha value is -2.42. The van der Waals surface area contributed by atoms with Gasteiger partial charge >= 0.3 is 0 Å². The summed E-state index contributed by atoms with van der Waals surface area (Å²) in [5.74, 6) is 1.56. The van der Waals surface area contributed by atoms with Crippen LogP contribution in [0.15, 0.2) is 57.9 Å². The van der Waals surface area contributed by atoms with Gasteiger partial charge in [0, 0.05) is 23.7 Å². The second kappa shape index (κ2) is 8.75. The predicted octanol–water partition coefficient (Wildman–Crippen LogP) is 4.36. The van der Waals surface area contributed by atoms with E-state index in [9.17, 15) is 8.42 Å². The minimum absolute atomic E-state index is 0.148. The summed E-state index contributed by atoms with van der Waals surface area (Å²) in [7, 11) is -3.60. The molecule has 4 rings (SSSR count). The van der Waals surface area contributed by atoms with Crippen LogP contribution in [0.25, 0.3) is 11.4 Å². The van der Waals surface area contributed by atoms with Crippen molar-refractivity contribution < 1.29 is 17.7 Å². The molecule has 0 radical (unpaired) electrons. The maximum atomic E-state index is 13.0. The van der Waals surface area contributed by atoms with Gasteiger partial charge in [-0.15, -0.1) is 0 Å². The van der Waals surface area contributed by atoms with Gasteiger partial charge in [0.05, 0.1) is 17.4 Å². The minimum Gasteiger partial charge on any atom is -0.494 e. The number of nitrogens with zero attached hydrogens (tertiary/aromatic N) is 3. The van der Waals surface area contributed by atoms with Crippen LogP contribution in [0.1, 0.15) is 31.6 Å². The Kier molecular flexibility index (Phi) is 6.08. The van der Waals surface area contributed by atoms with E-state index < -0.39 is 10.0 Å². The highest BCUT2D eigenvalue weighted by atomic mass is 35.5. The lowest BCUT2D eigenvalue weighted by atomic mass is 10.00. The van der Waals surface area contributed by atoms with Crippen molar-refractivity contribution in [1.82, 2.24) is 14.4 Å². The van der Waals surface area contributed by atoms with Gasteiger partial charge in [-0.1, -0.05) is 16.8 Å². The number of hydrogen-bond donors (Lipinski definition) is 0. The van der Waals surface area contributed by atoms with Gasteiger partial charge in [-0.25, -0.2) is 8.42 Å². The van der Waals surface area contributed by atoms with E-state index >= 15 is 0 Å². The van der Waals surface area contributed by atoms with E-state index in [-0.39, 0.29) is 10.8 Å². The van der Waals surface area contributed by atoms with Gasteiger partial charge in [0.2, 0.25) is 21.7 Å². The third-order valence-electron chi connectivity index (χ3n) is 5.05. The Morgan fingerprint density at radius 2 is 1.90 bits per heavy atom. The number of ether oxygens (including phenoxy) is 1. The Bertz CT molecular complexity index is 1100. The first-order valence-corrected chi connectivity index (χ1v) is 11.6. The number of hydrogen-bond acceptors (Lipinski definition) is 6. The molecule has 2 aromatic carbocycles. The Morgan fingerprint density at radius 1 is 1.17 bits per heavy atom. The van der Waals surface area contributed by atoms with E-state index in [1.807, 2.05) is 31.2 Å². The first-order valence-electron chi connectivity index (χ1n) is 9.80. The first kappa shape index (κ1) is 20.8. The maximum Gasteiger partial charge on any atom is 0.243 e. The molecule has 0 saturated carbocycles. The summed E-state index contributed by atoms with van der Waals surface area (Å²) in [6.07, 6.45) is 1.51. The fourth-order valence-electron chi connectivity index (χ4n) is 3.50. The van der Waals surface area contributed by atoms with Crippen molar-refractivity contribution in [2.24, 2.45) is 0 Å². The molecule has 9 heteroatoms. The molecule has 1 aromatic heterocycles. The van der Waals surface area contributed by atoms with E-state index in [1.165, 1.54) is 16.4 Å². The summed E-state index contributed by atoms with van der Waals surface area (Å²) in [6.45, 7) is 3.29. The summed E-state index contributed by atoms with van der Waals surface area (Å²) in [4.78, 5) is 4.75. The molecule has 158 valence electrons. The highest BCUT2D eigenvalue weighted by Gasteiger charge is 2.33. The van der Waals surface area contributed by atoms with Crippen LogP contribution in [0.4, 0.5) is 0 Å². The van der Waals surface area contributed by atoms with Crippen LogP contribution in [0.3, 0.4) is 0 Å². The van der Waals surface area contributed by atoms with E-state index in [1.54, 1.807) is 12.1 Å². The maximum absolute atomic E-state index is 13.0. The molecule has 1 saturated heterocycles. The van der Waals surface area contributed by atoms with E-state index in [2.05, 4.69) is 10.1 Å². The summed E-state index contributed by atoms with van der Waals surface area (Å²) in [5, 5.41) is 4.58. The fourth-order valence-corrected chi connectivity index (χ4v) is 5.15. The van der Waals surface area contributed by atoms with Gasteiger partial charge in [-0.3, -0.25) is 0 Å². The summed E-state index contributed by atoms with van der Waals surface area (Å²) < 4.78 is 38.4. The lowest BCUT2D eigenvalue weighted by molar-refractivity contribution is 0.265. The zero-order chi connectivity index (χ0) is 21.1. The Balaban J connectivity index is 1.50. The number of halogens is 1. The van der Waals surface area contributed by atoms with Gasteiger partial charge in [0.25, 0.3) is 0 Å². The lowest BCUT2D eigenvalue weighted by Crippen LogP contribution is -2.39. The molecule has 0 aliphatic carbocycles. The molecule has 0 amide bonds. The van der Waals surface area contributed by atoms with Crippen LogP contribution in [0, 0.1) is 0 Å². The summed E-state index contributed by atoms with van der Waals surface area (Å²) in [6, 6.07) is 13.7. The molecule has 3 aromatic rings. The highest BCUT2D eigenvalue weighted by molar-refractivity contribution is 7.89. The van der Waals surface area contributed by atoms with Crippen molar-refractivity contribution in [3.05, 3.63) is 59.4 Å². The highest BCUT2D eigenvalue weighted by Crippen LogP contribution is 2.31. The SMILES string of the molecule is CCOc1ccc(-c2noc(C3CCCN(S(=O)(=O)c4ccc(Cl)cc4)C3)n2)cc1. The Morgan fingerprint density at radius 3 is 2.60 bits per heavy atom. The number of rotatable bonds is 6. The second-order valence-electron chi connectivity index (χ2n) is 7.07. The minimum atomic E-state index is -3.60. The molecular weight excluding hydrogens is 426 g/mol. The van der Waals surface area contributed by atoms with Crippen molar-refractivity contribution in [3.63, 3.8) is 0 Å². The number of benzene rings is 2. The van der Waals surface area contributed by atoms with E-state index in [4.69, 9.17) is 20.9 Å². The third kappa shape index (κ3) is 4.35. The summed E-state index contributed by atoms with van der Waals surface area (Å²) >= 11 is 5.88. The second-order valence-corrected chi connectivity index (χ2v) is 9.44. The molecule has 1 atom stereocenters. The molecule has 1 fully saturated rings. The van der Waals surface area contributed by atoms with Crippen molar-refractivity contribution in [2.75, 3.05) is 19.7 Å². The molecule has 30 heavy (non-hydrogen) atoms. The molecule has 1 aliphatic rings. The quantitative estimate of drug-likeness (QED) is 0.558. The fraction of sp³-hybridized carbons (Fsp3) is 0.333. The number of aromatic nitrogens is 2. The van der Waals surface area contributed by atoms with Crippen LogP contribution in [-0.4, -0.2) is 42.6 Å². The van der Waals surface area contributed by atoms with Crippen molar-refractivity contribution in [3.8, 4) is 17.1 Å². The normalized spacial score (nSPS) is 17.7. The van der Waals surface area contributed by atoms with Gasteiger partial charge in [-0.2, -0.15) is 9.29 Å². The van der Waals surface area contributed by atoms with Crippen LogP contribution >= 0.6 is 11.6 Å². The molecule has 1 unspecified atom stereocenters. The van der Waals surface area contributed by atoms with Gasteiger partial charge in [0.15, 0.2) is 0 Å². The molecule has 1 aliphatic heterocycles. The standard InChI is InChI=1S/C21H22ClN3O4S/c1-2-28-18-9-5-15(6-10-18)20-23-21(29-24-20)16-4-3-13-25(14-16)30(26,27)19-11-7-17(22)8-12-19/h5-12,16H,2-4,13-14H2,1H3. The smallest absolute Gasteiger partial charge is 0.243 e. The monoisotopic (exact) mass is 447 g/mol.